The zero-order valence-corrected chi connectivity index (χ0v) is 14.4. The highest BCUT2D eigenvalue weighted by atomic mass is 16.6. The summed E-state index contributed by atoms with van der Waals surface area (Å²) in [5, 5.41) is 7.98. The molecule has 0 saturated heterocycles. The van der Waals surface area contributed by atoms with E-state index in [4.69, 9.17) is 4.74 Å². The predicted molar refractivity (Wildman–Crippen MR) is 84.3 cm³/mol. The Bertz CT molecular complexity index is 389. The van der Waals surface area contributed by atoms with Crippen LogP contribution in [0.5, 0.6) is 0 Å². The average Bonchev–Trinajstić information content (AvgIpc) is 2.32. The fourth-order valence-corrected chi connectivity index (χ4v) is 1.64. The van der Waals surface area contributed by atoms with Crippen LogP contribution in [0.2, 0.25) is 0 Å². The van der Waals surface area contributed by atoms with Gasteiger partial charge in [0.1, 0.15) is 11.6 Å². The minimum atomic E-state index is -0.657. The van der Waals surface area contributed by atoms with E-state index >= 15 is 0 Å². The van der Waals surface area contributed by atoms with Gasteiger partial charge in [0, 0.05) is 20.0 Å². The Morgan fingerprint density at radius 3 is 2.05 bits per heavy atom. The van der Waals surface area contributed by atoms with Crippen LogP contribution in [0.3, 0.4) is 0 Å². The Labute approximate surface area is 132 Å². The average molecular weight is 315 g/mol. The maximum atomic E-state index is 12.1. The van der Waals surface area contributed by atoms with Gasteiger partial charge in [-0.15, -0.1) is 0 Å². The number of nitrogens with one attached hydrogen (secondary N) is 3. The zero-order valence-electron chi connectivity index (χ0n) is 14.4. The van der Waals surface area contributed by atoms with Gasteiger partial charge < -0.3 is 20.7 Å². The van der Waals surface area contributed by atoms with Crippen molar-refractivity contribution in [1.29, 1.82) is 0 Å². The molecule has 3 amide bonds. The summed E-state index contributed by atoms with van der Waals surface area (Å²) >= 11 is 0. The van der Waals surface area contributed by atoms with Crippen molar-refractivity contribution in [3.63, 3.8) is 0 Å². The van der Waals surface area contributed by atoms with Crippen LogP contribution in [0.4, 0.5) is 4.79 Å². The summed E-state index contributed by atoms with van der Waals surface area (Å²) in [5.41, 5.74) is -0.611. The van der Waals surface area contributed by atoms with Gasteiger partial charge in [-0.1, -0.05) is 13.8 Å². The minimum Gasteiger partial charge on any atom is -0.444 e. The molecule has 1 atom stereocenters. The van der Waals surface area contributed by atoms with E-state index in [1.807, 2.05) is 13.8 Å². The number of rotatable bonds is 7. The lowest BCUT2D eigenvalue weighted by Crippen LogP contribution is -2.51. The molecule has 0 saturated carbocycles. The highest BCUT2D eigenvalue weighted by molar-refractivity contribution is 5.85. The van der Waals surface area contributed by atoms with Crippen LogP contribution >= 0.6 is 0 Å². The summed E-state index contributed by atoms with van der Waals surface area (Å²) < 4.78 is 5.16. The fraction of sp³-hybridized carbons (Fsp3) is 0.800. The Hall–Kier alpha value is -1.79. The number of hydrogen-bond donors (Lipinski definition) is 3. The Morgan fingerprint density at radius 1 is 1.05 bits per heavy atom. The lowest BCUT2D eigenvalue weighted by molar-refractivity contribution is -0.124. The third kappa shape index (κ3) is 10.0. The molecular formula is C15H29N3O4. The van der Waals surface area contributed by atoms with E-state index in [9.17, 15) is 14.4 Å². The molecule has 0 spiro atoms. The van der Waals surface area contributed by atoms with Gasteiger partial charge in [0.15, 0.2) is 0 Å². The maximum absolute atomic E-state index is 12.1. The van der Waals surface area contributed by atoms with Gasteiger partial charge in [0.05, 0.1) is 0 Å². The Balaban J connectivity index is 4.29. The van der Waals surface area contributed by atoms with Crippen LogP contribution in [0, 0.1) is 5.92 Å². The first kappa shape index (κ1) is 20.2. The van der Waals surface area contributed by atoms with Crippen molar-refractivity contribution in [3.05, 3.63) is 0 Å². The van der Waals surface area contributed by atoms with E-state index in [0.717, 1.165) is 0 Å². The van der Waals surface area contributed by atoms with Crippen molar-refractivity contribution in [1.82, 2.24) is 16.0 Å². The number of carbonyl (C=O) groups excluding carboxylic acids is 3. The molecule has 128 valence electrons. The number of amides is 3. The molecule has 7 nitrogen and oxygen atoms in total. The fourth-order valence-electron chi connectivity index (χ4n) is 1.64. The highest BCUT2D eigenvalue weighted by Crippen LogP contribution is 2.08. The van der Waals surface area contributed by atoms with Crippen molar-refractivity contribution in [3.8, 4) is 0 Å². The molecule has 0 aromatic rings. The normalized spacial score (nSPS) is 12.5. The quantitative estimate of drug-likeness (QED) is 0.615. The van der Waals surface area contributed by atoms with Crippen LogP contribution < -0.4 is 16.0 Å². The molecule has 3 N–H and O–H groups in total. The molecule has 0 heterocycles. The molecule has 0 radical (unpaired) electrons. The largest absolute Gasteiger partial charge is 0.444 e. The number of hydrogen-bond acceptors (Lipinski definition) is 4. The van der Waals surface area contributed by atoms with E-state index in [2.05, 4.69) is 16.0 Å². The summed E-state index contributed by atoms with van der Waals surface area (Å²) in [6.07, 6.45) is 0.0161. The monoisotopic (exact) mass is 315 g/mol. The van der Waals surface area contributed by atoms with Gasteiger partial charge in [-0.05, 0) is 33.1 Å². The molecule has 0 aliphatic rings. The van der Waals surface area contributed by atoms with Gasteiger partial charge in [-0.3, -0.25) is 9.59 Å². The molecule has 1 unspecified atom stereocenters. The SMILES string of the molecule is CC(=O)NCCCNC(=O)C(NC(=O)OC(C)(C)C)C(C)C. The summed E-state index contributed by atoms with van der Waals surface area (Å²) in [5.74, 6) is -0.426. The van der Waals surface area contributed by atoms with Gasteiger partial charge in [-0.2, -0.15) is 0 Å². The summed E-state index contributed by atoms with van der Waals surface area (Å²) in [7, 11) is 0. The topological polar surface area (TPSA) is 96.5 Å². The van der Waals surface area contributed by atoms with E-state index in [1.54, 1.807) is 20.8 Å². The Morgan fingerprint density at radius 2 is 1.59 bits per heavy atom. The van der Waals surface area contributed by atoms with Gasteiger partial charge >= 0.3 is 6.09 Å². The van der Waals surface area contributed by atoms with E-state index < -0.39 is 17.7 Å². The smallest absolute Gasteiger partial charge is 0.408 e. The number of alkyl carbamates (subject to hydrolysis) is 1. The highest BCUT2D eigenvalue weighted by Gasteiger charge is 2.26. The number of carbonyl (C=O) groups is 3. The van der Waals surface area contributed by atoms with Crippen LogP contribution in [-0.4, -0.2) is 42.6 Å². The third-order valence-electron chi connectivity index (χ3n) is 2.65. The van der Waals surface area contributed by atoms with Crippen molar-refractivity contribution < 1.29 is 19.1 Å². The van der Waals surface area contributed by atoms with E-state index in [0.29, 0.717) is 19.5 Å². The lowest BCUT2D eigenvalue weighted by atomic mass is 10.0. The Kier molecular flexibility index (Phi) is 8.52. The predicted octanol–water partition coefficient (Wildman–Crippen LogP) is 1.18. The molecule has 0 aliphatic heterocycles. The van der Waals surface area contributed by atoms with Crippen molar-refractivity contribution in [2.75, 3.05) is 13.1 Å². The van der Waals surface area contributed by atoms with E-state index in [1.165, 1.54) is 6.92 Å². The summed E-state index contributed by atoms with van der Waals surface area (Å²) in [4.78, 5) is 34.6. The number of ether oxygens (including phenoxy) is 1. The van der Waals surface area contributed by atoms with Crippen LogP contribution in [0.25, 0.3) is 0 Å². The maximum Gasteiger partial charge on any atom is 0.408 e. The molecule has 0 aromatic carbocycles. The molecule has 0 fully saturated rings. The second kappa shape index (κ2) is 9.27. The molecule has 22 heavy (non-hydrogen) atoms. The third-order valence-corrected chi connectivity index (χ3v) is 2.65. The molecule has 7 heteroatoms. The molecule has 0 rings (SSSR count). The summed E-state index contributed by atoms with van der Waals surface area (Å²) in [6, 6.07) is -0.657. The standard InChI is InChI=1S/C15H29N3O4/c1-10(2)12(18-14(21)22-15(4,5)6)13(20)17-9-7-8-16-11(3)19/h10,12H,7-9H2,1-6H3,(H,16,19)(H,17,20)(H,18,21). The second-order valence-electron chi connectivity index (χ2n) is 6.50. The van der Waals surface area contributed by atoms with Crippen molar-refractivity contribution in [2.24, 2.45) is 5.92 Å². The second-order valence-corrected chi connectivity index (χ2v) is 6.50. The lowest BCUT2D eigenvalue weighted by Gasteiger charge is -2.25. The van der Waals surface area contributed by atoms with Crippen LogP contribution in [0.1, 0.15) is 48.0 Å². The van der Waals surface area contributed by atoms with Crippen molar-refractivity contribution >= 4 is 17.9 Å². The first-order valence-electron chi connectivity index (χ1n) is 7.54. The van der Waals surface area contributed by atoms with E-state index in [-0.39, 0.29) is 17.7 Å². The first-order chi connectivity index (χ1) is 10.0. The molecule has 0 bridgehead atoms. The molecule has 0 aromatic heterocycles. The minimum absolute atomic E-state index is 0.0668. The van der Waals surface area contributed by atoms with Crippen LogP contribution in [0.15, 0.2) is 0 Å². The van der Waals surface area contributed by atoms with Crippen LogP contribution in [-0.2, 0) is 14.3 Å². The van der Waals surface area contributed by atoms with Gasteiger partial charge in [0.25, 0.3) is 0 Å². The first-order valence-corrected chi connectivity index (χ1v) is 7.54. The zero-order chi connectivity index (χ0) is 17.3. The molecular weight excluding hydrogens is 286 g/mol. The van der Waals surface area contributed by atoms with Crippen molar-refractivity contribution in [2.45, 2.75) is 59.6 Å². The molecule has 0 aliphatic carbocycles. The van der Waals surface area contributed by atoms with Gasteiger partial charge in [-0.25, -0.2) is 4.79 Å². The van der Waals surface area contributed by atoms with Gasteiger partial charge in [0.2, 0.25) is 11.8 Å². The summed E-state index contributed by atoms with van der Waals surface area (Å²) in [6.45, 7) is 11.4.